The van der Waals surface area contributed by atoms with Gasteiger partial charge in [-0.05, 0) is 29.6 Å². The van der Waals surface area contributed by atoms with Gasteiger partial charge >= 0.3 is 0 Å². The molecule has 0 aliphatic carbocycles. The van der Waals surface area contributed by atoms with Gasteiger partial charge in [0.1, 0.15) is 12.4 Å². The highest BCUT2D eigenvalue weighted by molar-refractivity contribution is 7.09. The Kier molecular flexibility index (Phi) is 5.85. The van der Waals surface area contributed by atoms with Crippen molar-refractivity contribution in [2.24, 2.45) is 0 Å². The summed E-state index contributed by atoms with van der Waals surface area (Å²) in [6.45, 7) is 4.36. The van der Waals surface area contributed by atoms with Crippen molar-refractivity contribution in [2.75, 3.05) is 39.3 Å². The van der Waals surface area contributed by atoms with Crippen LogP contribution in [0.4, 0.5) is 0 Å². The van der Waals surface area contributed by atoms with E-state index in [0.717, 1.165) is 18.0 Å². The first kappa shape index (κ1) is 17.0. The van der Waals surface area contributed by atoms with E-state index in [4.69, 9.17) is 9.84 Å². The molecule has 128 valence electrons. The summed E-state index contributed by atoms with van der Waals surface area (Å²) in [4.78, 5) is 17.9. The molecule has 0 bridgehead atoms. The number of aliphatic hydroxyl groups is 1. The van der Waals surface area contributed by atoms with E-state index in [-0.39, 0.29) is 12.5 Å². The fraction of sp³-hybridized carbons (Fsp3) is 0.389. The largest absolute Gasteiger partial charge is 0.488 e. The number of carbonyl (C=O) groups is 1. The fourth-order valence-corrected chi connectivity index (χ4v) is 3.38. The van der Waals surface area contributed by atoms with Gasteiger partial charge in [-0.1, -0.05) is 12.1 Å². The van der Waals surface area contributed by atoms with Gasteiger partial charge in [-0.25, -0.2) is 0 Å². The summed E-state index contributed by atoms with van der Waals surface area (Å²) in [7, 11) is 0. The van der Waals surface area contributed by atoms with Crippen LogP contribution < -0.4 is 4.74 Å². The molecule has 1 aromatic heterocycles. The van der Waals surface area contributed by atoms with Gasteiger partial charge in [-0.15, -0.1) is 11.3 Å². The molecule has 5 nitrogen and oxygen atoms in total. The van der Waals surface area contributed by atoms with E-state index in [1.54, 1.807) is 11.3 Å². The zero-order valence-electron chi connectivity index (χ0n) is 13.6. The van der Waals surface area contributed by atoms with Gasteiger partial charge in [-0.2, -0.15) is 0 Å². The topological polar surface area (TPSA) is 53.0 Å². The quantitative estimate of drug-likeness (QED) is 0.870. The number of piperazine rings is 1. The second-order valence-electron chi connectivity index (χ2n) is 5.75. The van der Waals surface area contributed by atoms with Crippen LogP contribution in [-0.2, 0) is 6.61 Å². The maximum absolute atomic E-state index is 12.7. The molecule has 6 heteroatoms. The Bertz CT molecular complexity index is 652. The van der Waals surface area contributed by atoms with Crippen LogP contribution in [0.3, 0.4) is 0 Å². The van der Waals surface area contributed by atoms with Crippen LogP contribution in [0.15, 0.2) is 41.8 Å². The molecule has 0 saturated carbocycles. The second-order valence-corrected chi connectivity index (χ2v) is 6.79. The molecule has 2 aromatic rings. The zero-order chi connectivity index (χ0) is 16.8. The number of benzene rings is 1. The summed E-state index contributed by atoms with van der Waals surface area (Å²) in [5.74, 6) is 0.758. The number of carbonyl (C=O) groups excluding carboxylic acids is 1. The monoisotopic (exact) mass is 346 g/mol. The third kappa shape index (κ3) is 4.35. The molecule has 1 amide bonds. The minimum atomic E-state index is 0.0419. The van der Waals surface area contributed by atoms with E-state index in [0.29, 0.717) is 37.6 Å². The summed E-state index contributed by atoms with van der Waals surface area (Å²) in [5, 5.41) is 11.0. The number of rotatable bonds is 6. The summed E-state index contributed by atoms with van der Waals surface area (Å²) in [6.07, 6.45) is 0. The molecule has 1 fully saturated rings. The molecule has 1 saturated heterocycles. The number of aliphatic hydroxyl groups excluding tert-OH is 1. The molecule has 0 spiro atoms. The lowest BCUT2D eigenvalue weighted by Gasteiger charge is -2.34. The highest BCUT2D eigenvalue weighted by Crippen LogP contribution is 2.18. The number of nitrogens with zero attached hydrogens (tertiary/aromatic N) is 2. The van der Waals surface area contributed by atoms with Crippen LogP contribution in [0.5, 0.6) is 5.75 Å². The van der Waals surface area contributed by atoms with Crippen molar-refractivity contribution in [2.45, 2.75) is 6.61 Å². The molecule has 1 aliphatic heterocycles. The van der Waals surface area contributed by atoms with E-state index < -0.39 is 0 Å². The van der Waals surface area contributed by atoms with Crippen LogP contribution >= 0.6 is 11.3 Å². The Morgan fingerprint density at radius 2 is 2.00 bits per heavy atom. The molecule has 2 heterocycles. The first-order valence-corrected chi connectivity index (χ1v) is 9.02. The van der Waals surface area contributed by atoms with Crippen molar-refractivity contribution in [3.05, 3.63) is 52.2 Å². The molecule has 1 aliphatic rings. The predicted molar refractivity (Wildman–Crippen MR) is 94.5 cm³/mol. The highest BCUT2D eigenvalue weighted by Gasteiger charge is 2.22. The Balaban J connectivity index is 1.58. The molecule has 0 unspecified atom stereocenters. The number of hydrogen-bond acceptors (Lipinski definition) is 5. The number of amides is 1. The van der Waals surface area contributed by atoms with Gasteiger partial charge in [0.15, 0.2) is 0 Å². The van der Waals surface area contributed by atoms with Crippen LogP contribution in [0.25, 0.3) is 0 Å². The Morgan fingerprint density at radius 1 is 1.17 bits per heavy atom. The third-order valence-electron chi connectivity index (χ3n) is 4.12. The average Bonchev–Trinajstić information content (AvgIpc) is 3.14. The first-order valence-electron chi connectivity index (χ1n) is 8.14. The summed E-state index contributed by atoms with van der Waals surface area (Å²) < 4.78 is 5.78. The fourth-order valence-electron chi connectivity index (χ4n) is 2.77. The summed E-state index contributed by atoms with van der Waals surface area (Å²) in [6, 6.07) is 11.4. The molecule has 3 rings (SSSR count). The van der Waals surface area contributed by atoms with Crippen LogP contribution in [0, 0.1) is 0 Å². The van der Waals surface area contributed by atoms with Crippen LogP contribution in [0.1, 0.15) is 15.2 Å². The predicted octanol–water partition coefficient (Wildman–Crippen LogP) is 2.08. The molecule has 24 heavy (non-hydrogen) atoms. The van der Waals surface area contributed by atoms with E-state index in [1.807, 2.05) is 46.7 Å². The Morgan fingerprint density at radius 3 is 2.71 bits per heavy atom. The molecular formula is C18H22N2O3S. The number of hydrogen-bond donors (Lipinski definition) is 1. The van der Waals surface area contributed by atoms with E-state index >= 15 is 0 Å². The van der Waals surface area contributed by atoms with Crippen molar-refractivity contribution < 1.29 is 14.6 Å². The van der Waals surface area contributed by atoms with E-state index in [2.05, 4.69) is 4.90 Å². The minimum Gasteiger partial charge on any atom is -0.488 e. The minimum absolute atomic E-state index is 0.0419. The number of thiophene rings is 1. The van der Waals surface area contributed by atoms with Gasteiger partial charge in [0.05, 0.1) is 6.61 Å². The van der Waals surface area contributed by atoms with Crippen molar-refractivity contribution in [3.8, 4) is 5.75 Å². The highest BCUT2D eigenvalue weighted by atomic mass is 32.1. The van der Waals surface area contributed by atoms with Gasteiger partial charge in [-0.3, -0.25) is 9.69 Å². The standard InChI is InChI=1S/C18H22N2O3S/c21-11-10-19-6-8-20(9-7-19)18(22)15-3-1-4-16(13-15)23-14-17-5-2-12-24-17/h1-5,12-13,21H,6-11,14H2. The van der Waals surface area contributed by atoms with Gasteiger partial charge in [0, 0.05) is 43.2 Å². The molecular weight excluding hydrogens is 324 g/mol. The molecule has 1 aromatic carbocycles. The lowest BCUT2D eigenvalue weighted by atomic mass is 10.1. The summed E-state index contributed by atoms with van der Waals surface area (Å²) in [5.41, 5.74) is 0.661. The van der Waals surface area contributed by atoms with Crippen molar-refractivity contribution >= 4 is 17.2 Å². The Labute approximate surface area is 146 Å². The lowest BCUT2D eigenvalue weighted by molar-refractivity contribution is 0.0614. The smallest absolute Gasteiger partial charge is 0.254 e. The summed E-state index contributed by atoms with van der Waals surface area (Å²) >= 11 is 1.66. The average molecular weight is 346 g/mol. The molecule has 0 atom stereocenters. The van der Waals surface area contributed by atoms with E-state index in [1.165, 1.54) is 0 Å². The van der Waals surface area contributed by atoms with Crippen molar-refractivity contribution in [1.82, 2.24) is 9.80 Å². The van der Waals surface area contributed by atoms with Gasteiger partial charge in [0.2, 0.25) is 0 Å². The lowest BCUT2D eigenvalue weighted by Crippen LogP contribution is -2.49. The van der Waals surface area contributed by atoms with Crippen molar-refractivity contribution in [3.63, 3.8) is 0 Å². The van der Waals surface area contributed by atoms with Crippen LogP contribution in [0.2, 0.25) is 0 Å². The van der Waals surface area contributed by atoms with Gasteiger partial charge in [0.25, 0.3) is 5.91 Å². The molecule has 1 N–H and O–H groups in total. The van der Waals surface area contributed by atoms with Crippen molar-refractivity contribution in [1.29, 1.82) is 0 Å². The van der Waals surface area contributed by atoms with Gasteiger partial charge < -0.3 is 14.7 Å². The Hall–Kier alpha value is -1.89. The molecule has 0 radical (unpaired) electrons. The number of β-amino-alcohol motifs (C(OH)–C–C–N with tert-alkyl or cyclic N) is 1. The van der Waals surface area contributed by atoms with Crippen LogP contribution in [-0.4, -0.2) is 60.1 Å². The normalized spacial score (nSPS) is 15.5. The SMILES string of the molecule is O=C(c1cccc(OCc2cccs2)c1)N1CCN(CCO)CC1. The maximum Gasteiger partial charge on any atom is 0.254 e. The third-order valence-corrected chi connectivity index (χ3v) is 4.97. The zero-order valence-corrected chi connectivity index (χ0v) is 14.4. The number of ether oxygens (including phenoxy) is 1. The maximum atomic E-state index is 12.7. The first-order chi connectivity index (χ1) is 11.8. The second kappa shape index (κ2) is 8.28. The van der Waals surface area contributed by atoms with E-state index in [9.17, 15) is 4.79 Å².